The van der Waals surface area contributed by atoms with Crippen molar-refractivity contribution in [2.75, 3.05) is 26.7 Å². The lowest BCUT2D eigenvalue weighted by Gasteiger charge is -2.40. The number of halogens is 1. The summed E-state index contributed by atoms with van der Waals surface area (Å²) in [6, 6.07) is 8.07. The zero-order valence-electron chi connectivity index (χ0n) is 15.1. The highest BCUT2D eigenvalue weighted by atomic mass is 35.5. The third-order valence-electron chi connectivity index (χ3n) is 4.84. The fourth-order valence-electron chi connectivity index (χ4n) is 3.41. The average Bonchev–Trinajstić information content (AvgIpc) is 2.60. The summed E-state index contributed by atoms with van der Waals surface area (Å²) >= 11 is 6.08. The maximum atomic E-state index is 12.5. The first-order chi connectivity index (χ1) is 12.0. The highest BCUT2D eigenvalue weighted by Gasteiger charge is 2.29. The van der Waals surface area contributed by atoms with Crippen LogP contribution < -0.4 is 11.2 Å². The van der Waals surface area contributed by atoms with Crippen molar-refractivity contribution in [2.24, 2.45) is 5.73 Å². The van der Waals surface area contributed by atoms with Crippen LogP contribution in [-0.4, -0.2) is 54.7 Å². The standard InChI is InChI=1S/C18H29ClN4O2/c1-14(6-9-20)22-10-7-17(8-11-22)23(18(24)21-25-2)13-15-4-3-5-16(19)12-15/h3-5,12,14,17H,6-11,13,20H2,1-2H3,(H,21,24). The monoisotopic (exact) mass is 368 g/mol. The van der Waals surface area contributed by atoms with E-state index in [2.05, 4.69) is 17.3 Å². The molecule has 0 radical (unpaired) electrons. The summed E-state index contributed by atoms with van der Waals surface area (Å²) in [4.78, 5) is 21.6. The normalized spacial score (nSPS) is 17.3. The Labute approximate surface area is 155 Å². The van der Waals surface area contributed by atoms with E-state index in [0.717, 1.165) is 37.9 Å². The first kappa shape index (κ1) is 20.0. The minimum absolute atomic E-state index is 0.176. The topological polar surface area (TPSA) is 70.8 Å². The molecule has 7 heteroatoms. The van der Waals surface area contributed by atoms with Crippen molar-refractivity contribution in [2.45, 2.75) is 44.8 Å². The summed E-state index contributed by atoms with van der Waals surface area (Å²) in [6.45, 7) is 5.38. The Morgan fingerprint density at radius 3 is 2.80 bits per heavy atom. The number of benzene rings is 1. The highest BCUT2D eigenvalue weighted by molar-refractivity contribution is 6.30. The van der Waals surface area contributed by atoms with Crippen LogP contribution >= 0.6 is 11.6 Å². The van der Waals surface area contributed by atoms with Gasteiger partial charge in [0.15, 0.2) is 0 Å². The minimum Gasteiger partial charge on any atom is -0.330 e. The van der Waals surface area contributed by atoms with E-state index in [1.54, 1.807) is 0 Å². The van der Waals surface area contributed by atoms with Crippen LogP contribution in [0.2, 0.25) is 5.02 Å². The molecule has 1 unspecified atom stereocenters. The number of piperidine rings is 1. The number of hydrogen-bond donors (Lipinski definition) is 2. The fraction of sp³-hybridized carbons (Fsp3) is 0.611. The second kappa shape index (κ2) is 9.97. The third-order valence-corrected chi connectivity index (χ3v) is 5.07. The van der Waals surface area contributed by atoms with Crippen LogP contribution in [0.15, 0.2) is 24.3 Å². The van der Waals surface area contributed by atoms with Crippen molar-refractivity contribution < 1.29 is 9.63 Å². The Morgan fingerprint density at radius 1 is 1.48 bits per heavy atom. The van der Waals surface area contributed by atoms with Crippen molar-refractivity contribution in [1.29, 1.82) is 0 Å². The molecule has 1 heterocycles. The molecule has 1 aliphatic rings. The summed E-state index contributed by atoms with van der Waals surface area (Å²) in [5, 5.41) is 0.676. The van der Waals surface area contributed by atoms with Gasteiger partial charge in [0.25, 0.3) is 0 Å². The molecule has 6 nitrogen and oxygen atoms in total. The molecule has 1 aliphatic heterocycles. The second-order valence-corrected chi connectivity index (χ2v) is 7.00. The fourth-order valence-corrected chi connectivity index (χ4v) is 3.62. The SMILES string of the molecule is CONC(=O)N(Cc1cccc(Cl)c1)C1CCN(C(C)CCN)CC1. The van der Waals surface area contributed by atoms with E-state index in [0.29, 0.717) is 24.2 Å². The Balaban J connectivity index is 2.02. The molecule has 2 rings (SSSR count). The number of nitrogens with zero attached hydrogens (tertiary/aromatic N) is 2. The van der Waals surface area contributed by atoms with Crippen molar-refractivity contribution in [3.05, 3.63) is 34.9 Å². The van der Waals surface area contributed by atoms with E-state index in [4.69, 9.17) is 22.2 Å². The van der Waals surface area contributed by atoms with Gasteiger partial charge in [-0.1, -0.05) is 23.7 Å². The number of rotatable bonds is 7. The van der Waals surface area contributed by atoms with Crippen molar-refractivity contribution in [1.82, 2.24) is 15.3 Å². The van der Waals surface area contributed by atoms with Gasteiger partial charge in [0, 0.05) is 36.7 Å². The third kappa shape index (κ3) is 5.85. The Bertz CT molecular complexity index is 550. The average molecular weight is 369 g/mol. The van der Waals surface area contributed by atoms with E-state index in [-0.39, 0.29) is 12.1 Å². The van der Waals surface area contributed by atoms with Crippen LogP contribution in [0.4, 0.5) is 4.79 Å². The number of hydrogen-bond acceptors (Lipinski definition) is 4. The van der Waals surface area contributed by atoms with Crippen molar-refractivity contribution in [3.63, 3.8) is 0 Å². The van der Waals surface area contributed by atoms with E-state index >= 15 is 0 Å². The predicted octanol–water partition coefficient (Wildman–Crippen LogP) is 2.61. The first-order valence-electron chi connectivity index (χ1n) is 8.83. The number of nitrogens with two attached hydrogens (primary N) is 1. The zero-order valence-corrected chi connectivity index (χ0v) is 15.8. The molecular formula is C18H29ClN4O2. The van der Waals surface area contributed by atoms with Gasteiger partial charge in [-0.3, -0.25) is 4.84 Å². The van der Waals surface area contributed by atoms with Gasteiger partial charge in [0.05, 0.1) is 7.11 Å². The highest BCUT2D eigenvalue weighted by Crippen LogP contribution is 2.22. The molecule has 1 aromatic carbocycles. The van der Waals surface area contributed by atoms with Crippen LogP contribution in [0.5, 0.6) is 0 Å². The number of amides is 2. The van der Waals surface area contributed by atoms with Crippen LogP contribution in [0.3, 0.4) is 0 Å². The van der Waals surface area contributed by atoms with Crippen molar-refractivity contribution >= 4 is 17.6 Å². The summed E-state index contributed by atoms with van der Waals surface area (Å²) in [5.41, 5.74) is 9.14. The van der Waals surface area contributed by atoms with E-state index in [1.807, 2.05) is 29.2 Å². The molecule has 140 valence electrons. The molecular weight excluding hydrogens is 340 g/mol. The molecule has 1 saturated heterocycles. The maximum absolute atomic E-state index is 12.5. The van der Waals surface area contributed by atoms with Crippen LogP contribution in [0.25, 0.3) is 0 Å². The van der Waals surface area contributed by atoms with Crippen LogP contribution in [-0.2, 0) is 11.4 Å². The largest absolute Gasteiger partial charge is 0.341 e. The number of nitrogens with one attached hydrogen (secondary N) is 1. The van der Waals surface area contributed by atoms with Gasteiger partial charge in [-0.2, -0.15) is 0 Å². The molecule has 0 saturated carbocycles. The van der Waals surface area contributed by atoms with E-state index in [9.17, 15) is 4.79 Å². The van der Waals surface area contributed by atoms with Gasteiger partial charge in [-0.25, -0.2) is 10.3 Å². The Morgan fingerprint density at radius 2 is 2.20 bits per heavy atom. The number of likely N-dealkylation sites (tertiary alicyclic amines) is 1. The summed E-state index contributed by atoms with van der Waals surface area (Å²) in [5.74, 6) is 0. The Kier molecular flexibility index (Phi) is 7.96. The minimum atomic E-state index is -0.212. The van der Waals surface area contributed by atoms with E-state index in [1.165, 1.54) is 7.11 Å². The lowest BCUT2D eigenvalue weighted by molar-refractivity contribution is 0.0567. The molecule has 1 fully saturated rings. The predicted molar refractivity (Wildman–Crippen MR) is 100 cm³/mol. The number of urea groups is 1. The Hall–Kier alpha value is -1.34. The van der Waals surface area contributed by atoms with Gasteiger partial charge in [-0.05, 0) is 50.4 Å². The molecule has 3 N–H and O–H groups in total. The molecule has 0 bridgehead atoms. The number of carbonyl (C=O) groups excluding carboxylic acids is 1. The second-order valence-electron chi connectivity index (χ2n) is 6.56. The molecule has 2 amide bonds. The first-order valence-corrected chi connectivity index (χ1v) is 9.21. The maximum Gasteiger partial charge on any atom is 0.341 e. The quantitative estimate of drug-likeness (QED) is 0.726. The lowest BCUT2D eigenvalue weighted by atomic mass is 10.0. The molecule has 0 spiro atoms. The number of carbonyl (C=O) groups is 1. The van der Waals surface area contributed by atoms with Gasteiger partial charge in [0.2, 0.25) is 0 Å². The molecule has 0 aliphatic carbocycles. The zero-order chi connectivity index (χ0) is 18.2. The smallest absolute Gasteiger partial charge is 0.330 e. The molecule has 25 heavy (non-hydrogen) atoms. The van der Waals surface area contributed by atoms with Gasteiger partial charge < -0.3 is 15.5 Å². The molecule has 0 aromatic heterocycles. The van der Waals surface area contributed by atoms with Crippen molar-refractivity contribution in [3.8, 4) is 0 Å². The van der Waals surface area contributed by atoms with Gasteiger partial charge >= 0.3 is 6.03 Å². The molecule has 1 atom stereocenters. The number of hydroxylamine groups is 1. The van der Waals surface area contributed by atoms with Gasteiger partial charge in [0.1, 0.15) is 0 Å². The van der Waals surface area contributed by atoms with E-state index < -0.39 is 0 Å². The summed E-state index contributed by atoms with van der Waals surface area (Å²) < 4.78 is 0. The summed E-state index contributed by atoms with van der Waals surface area (Å²) in [7, 11) is 1.45. The van der Waals surface area contributed by atoms with Crippen LogP contribution in [0, 0.1) is 0 Å². The summed E-state index contributed by atoms with van der Waals surface area (Å²) in [6.07, 6.45) is 2.88. The molecule has 1 aromatic rings. The lowest BCUT2D eigenvalue weighted by Crippen LogP contribution is -2.51. The van der Waals surface area contributed by atoms with Gasteiger partial charge in [-0.15, -0.1) is 0 Å². The van der Waals surface area contributed by atoms with Crippen LogP contribution in [0.1, 0.15) is 31.7 Å².